The van der Waals surface area contributed by atoms with Crippen molar-refractivity contribution < 1.29 is 23.9 Å². The van der Waals surface area contributed by atoms with Crippen molar-refractivity contribution in [2.75, 3.05) is 23.4 Å². The van der Waals surface area contributed by atoms with E-state index in [9.17, 15) is 19.6 Å². The average molecular weight is 459 g/mol. The number of rotatable bonds is 7. The molecule has 2 amide bonds. The Bertz CT molecular complexity index is 1260. The quantitative estimate of drug-likeness (QED) is 0.538. The van der Waals surface area contributed by atoms with Gasteiger partial charge in [-0.3, -0.25) is 14.4 Å². The minimum absolute atomic E-state index is 0.0867. The molecular weight excluding hydrogens is 438 g/mol. The van der Waals surface area contributed by atoms with E-state index in [1.54, 1.807) is 55.5 Å². The van der Waals surface area contributed by atoms with Crippen LogP contribution in [-0.2, 0) is 19.1 Å². The van der Waals surface area contributed by atoms with Gasteiger partial charge in [0.05, 0.1) is 24.0 Å². The van der Waals surface area contributed by atoms with Gasteiger partial charge in [0.2, 0.25) is 0 Å². The highest BCUT2D eigenvalue weighted by molar-refractivity contribution is 6.00. The van der Waals surface area contributed by atoms with Crippen molar-refractivity contribution in [3.05, 3.63) is 66.4 Å². The molecule has 1 N–H and O–H groups in total. The number of nitrogens with one attached hydrogen (secondary N) is 1. The summed E-state index contributed by atoms with van der Waals surface area (Å²) < 4.78 is 12.1. The third kappa shape index (κ3) is 4.73. The normalized spacial score (nSPS) is 14.5. The maximum atomic E-state index is 12.5. The fourth-order valence-corrected chi connectivity index (χ4v) is 3.49. The van der Waals surface area contributed by atoms with Crippen molar-refractivity contribution in [2.24, 2.45) is 0 Å². The second-order valence-corrected chi connectivity index (χ2v) is 7.44. The molecule has 34 heavy (non-hydrogen) atoms. The largest absolute Gasteiger partial charge is 0.479 e. The number of hydrogen-bond donors (Lipinski definition) is 1. The molecule has 1 unspecified atom stereocenters. The van der Waals surface area contributed by atoms with Crippen LogP contribution in [0.3, 0.4) is 0 Å². The monoisotopic (exact) mass is 459 g/mol. The molecule has 1 aliphatic rings. The van der Waals surface area contributed by atoms with E-state index in [-0.39, 0.29) is 30.3 Å². The van der Waals surface area contributed by atoms with E-state index in [2.05, 4.69) is 10.4 Å². The SMILES string of the molecule is CC1Oc2ccccc2N(CCC(=O)OCC(=O)Nc2c(C#N)cnn2-c2ccccc2)C1=O. The molecule has 0 spiro atoms. The second kappa shape index (κ2) is 9.87. The molecule has 0 aliphatic carbocycles. The number of nitrogens with zero attached hydrogens (tertiary/aromatic N) is 4. The molecule has 0 bridgehead atoms. The van der Waals surface area contributed by atoms with Crippen molar-refractivity contribution in [3.63, 3.8) is 0 Å². The highest BCUT2D eigenvalue weighted by Crippen LogP contribution is 2.33. The highest BCUT2D eigenvalue weighted by Gasteiger charge is 2.31. The molecule has 10 heteroatoms. The lowest BCUT2D eigenvalue weighted by Gasteiger charge is -2.32. The molecule has 10 nitrogen and oxygen atoms in total. The van der Waals surface area contributed by atoms with Crippen molar-refractivity contribution in [1.29, 1.82) is 5.26 Å². The van der Waals surface area contributed by atoms with Gasteiger partial charge >= 0.3 is 5.97 Å². The first kappa shape index (κ1) is 22.5. The Morgan fingerprint density at radius 2 is 1.91 bits per heavy atom. The zero-order chi connectivity index (χ0) is 24.1. The molecule has 0 saturated heterocycles. The van der Waals surface area contributed by atoms with Gasteiger partial charge in [-0.25, -0.2) is 4.68 Å². The Labute approximate surface area is 195 Å². The predicted molar refractivity (Wildman–Crippen MR) is 121 cm³/mol. The summed E-state index contributed by atoms with van der Waals surface area (Å²) in [5.74, 6) is -0.784. The van der Waals surface area contributed by atoms with Gasteiger partial charge < -0.3 is 19.7 Å². The summed E-state index contributed by atoms with van der Waals surface area (Å²) in [6, 6.07) is 18.0. The van der Waals surface area contributed by atoms with Crippen molar-refractivity contribution in [1.82, 2.24) is 9.78 Å². The Morgan fingerprint density at radius 1 is 1.18 bits per heavy atom. The minimum Gasteiger partial charge on any atom is -0.479 e. The summed E-state index contributed by atoms with van der Waals surface area (Å²) in [6.45, 7) is 1.18. The number of ether oxygens (including phenoxy) is 2. The summed E-state index contributed by atoms with van der Waals surface area (Å²) in [5, 5.41) is 16.1. The van der Waals surface area contributed by atoms with Gasteiger partial charge in [-0.1, -0.05) is 30.3 Å². The van der Waals surface area contributed by atoms with Gasteiger partial charge in [0.25, 0.3) is 11.8 Å². The Hall–Kier alpha value is -4.65. The van der Waals surface area contributed by atoms with E-state index in [1.807, 2.05) is 12.1 Å². The van der Waals surface area contributed by atoms with Crippen LogP contribution in [0.4, 0.5) is 11.5 Å². The summed E-state index contributed by atoms with van der Waals surface area (Å²) in [5.41, 5.74) is 1.40. The van der Waals surface area contributed by atoms with Crippen LogP contribution >= 0.6 is 0 Å². The van der Waals surface area contributed by atoms with E-state index < -0.39 is 24.6 Å². The van der Waals surface area contributed by atoms with E-state index >= 15 is 0 Å². The van der Waals surface area contributed by atoms with E-state index in [0.29, 0.717) is 17.1 Å². The third-order valence-electron chi connectivity index (χ3n) is 5.13. The summed E-state index contributed by atoms with van der Waals surface area (Å²) in [6.07, 6.45) is 0.568. The number of hydrogen-bond acceptors (Lipinski definition) is 7. The Morgan fingerprint density at radius 3 is 2.68 bits per heavy atom. The molecule has 3 aromatic rings. The summed E-state index contributed by atoms with van der Waals surface area (Å²) in [7, 11) is 0. The van der Waals surface area contributed by atoms with Crippen LogP contribution in [0.2, 0.25) is 0 Å². The predicted octanol–water partition coefficient (Wildman–Crippen LogP) is 2.43. The first-order chi connectivity index (χ1) is 16.5. The third-order valence-corrected chi connectivity index (χ3v) is 5.13. The van der Waals surface area contributed by atoms with E-state index in [0.717, 1.165) is 0 Å². The number of para-hydroxylation sites is 3. The lowest BCUT2D eigenvalue weighted by Crippen LogP contribution is -2.45. The molecule has 2 aromatic carbocycles. The number of carbonyl (C=O) groups is 3. The highest BCUT2D eigenvalue weighted by atomic mass is 16.5. The maximum Gasteiger partial charge on any atom is 0.308 e. The van der Waals surface area contributed by atoms with Crippen molar-refractivity contribution in [2.45, 2.75) is 19.4 Å². The van der Waals surface area contributed by atoms with Gasteiger partial charge in [0.15, 0.2) is 18.5 Å². The van der Waals surface area contributed by atoms with Gasteiger partial charge in [0, 0.05) is 6.54 Å². The van der Waals surface area contributed by atoms with Crippen LogP contribution in [0.1, 0.15) is 18.9 Å². The van der Waals surface area contributed by atoms with Crippen LogP contribution in [-0.4, -0.2) is 46.8 Å². The molecule has 1 aliphatic heterocycles. The zero-order valence-corrected chi connectivity index (χ0v) is 18.3. The van der Waals surface area contributed by atoms with E-state index in [1.165, 1.54) is 15.8 Å². The molecule has 2 heterocycles. The number of benzene rings is 2. The zero-order valence-electron chi connectivity index (χ0n) is 18.3. The number of amides is 2. The fourth-order valence-electron chi connectivity index (χ4n) is 3.49. The van der Waals surface area contributed by atoms with Crippen LogP contribution in [0.15, 0.2) is 60.8 Å². The smallest absolute Gasteiger partial charge is 0.308 e. The van der Waals surface area contributed by atoms with Crippen LogP contribution in [0.5, 0.6) is 5.75 Å². The number of fused-ring (bicyclic) bond motifs is 1. The topological polar surface area (TPSA) is 127 Å². The Balaban J connectivity index is 1.34. The van der Waals surface area contributed by atoms with Crippen LogP contribution < -0.4 is 15.0 Å². The number of anilines is 2. The van der Waals surface area contributed by atoms with Gasteiger partial charge in [0.1, 0.15) is 17.4 Å². The van der Waals surface area contributed by atoms with E-state index in [4.69, 9.17) is 9.47 Å². The van der Waals surface area contributed by atoms with Gasteiger partial charge in [-0.05, 0) is 31.2 Å². The lowest BCUT2D eigenvalue weighted by molar-refractivity contribution is -0.147. The number of carbonyl (C=O) groups excluding carboxylic acids is 3. The summed E-state index contributed by atoms with van der Waals surface area (Å²) >= 11 is 0. The maximum absolute atomic E-state index is 12.5. The molecule has 1 atom stereocenters. The fraction of sp³-hybridized carbons (Fsp3) is 0.208. The lowest BCUT2D eigenvalue weighted by atomic mass is 10.2. The molecule has 0 fully saturated rings. The molecule has 1 aromatic heterocycles. The van der Waals surface area contributed by atoms with Crippen LogP contribution in [0, 0.1) is 11.3 Å². The minimum atomic E-state index is -0.666. The van der Waals surface area contributed by atoms with Crippen molar-refractivity contribution in [3.8, 4) is 17.5 Å². The number of esters is 1. The molecule has 172 valence electrons. The first-order valence-corrected chi connectivity index (χ1v) is 10.5. The summed E-state index contributed by atoms with van der Waals surface area (Å²) in [4.78, 5) is 38.7. The molecule has 0 radical (unpaired) electrons. The number of aromatic nitrogens is 2. The molecule has 4 rings (SSSR count). The van der Waals surface area contributed by atoms with Gasteiger partial charge in [-0.15, -0.1) is 0 Å². The average Bonchev–Trinajstić information content (AvgIpc) is 3.26. The molecular formula is C24H21N5O5. The number of nitriles is 1. The van der Waals surface area contributed by atoms with Crippen molar-refractivity contribution >= 4 is 29.3 Å². The molecule has 0 saturated carbocycles. The van der Waals surface area contributed by atoms with Gasteiger partial charge in [-0.2, -0.15) is 10.4 Å². The Kier molecular flexibility index (Phi) is 6.54. The second-order valence-electron chi connectivity index (χ2n) is 7.44. The first-order valence-electron chi connectivity index (χ1n) is 10.5. The standard InChI is InChI=1S/C24H21N5O5/c1-16-24(32)28(19-9-5-6-10-20(19)34-16)12-11-22(31)33-15-21(30)27-23-17(13-25)14-26-29(23)18-7-3-2-4-8-18/h2-10,14,16H,11-12,15H2,1H3,(H,27,30). The van der Waals surface area contributed by atoms with Crippen LogP contribution in [0.25, 0.3) is 5.69 Å².